The summed E-state index contributed by atoms with van der Waals surface area (Å²) in [6, 6.07) is 1.40. The summed E-state index contributed by atoms with van der Waals surface area (Å²) in [5.41, 5.74) is 0.189. The third-order valence-electron chi connectivity index (χ3n) is 1.07. The summed E-state index contributed by atoms with van der Waals surface area (Å²) < 4.78 is 13.0. The van der Waals surface area contributed by atoms with Gasteiger partial charge in [0.05, 0.1) is 6.21 Å². The summed E-state index contributed by atoms with van der Waals surface area (Å²) in [7, 11) is 0. The molecule has 0 fully saturated rings. The predicted octanol–water partition coefficient (Wildman–Crippen LogP) is 1.79. The number of hydrogen-bond acceptors (Lipinski definition) is 3. The second-order valence-corrected chi connectivity index (χ2v) is 2.50. The van der Waals surface area contributed by atoms with Crippen molar-refractivity contribution in [1.29, 1.82) is 0 Å². The van der Waals surface area contributed by atoms with E-state index in [1.807, 2.05) is 0 Å². The molecule has 0 amide bonds. The van der Waals surface area contributed by atoms with E-state index in [-0.39, 0.29) is 10.2 Å². The van der Waals surface area contributed by atoms with Gasteiger partial charge in [-0.3, -0.25) is 0 Å². The maximum atomic E-state index is 12.9. The molecule has 1 heterocycles. The summed E-state index contributed by atoms with van der Waals surface area (Å²) in [6.07, 6.45) is 2.41. The van der Waals surface area contributed by atoms with Gasteiger partial charge in [-0.1, -0.05) is 5.16 Å². The van der Waals surface area contributed by atoms with Crippen molar-refractivity contribution in [1.82, 2.24) is 4.98 Å². The summed E-state index contributed by atoms with van der Waals surface area (Å²) in [6.45, 7) is 0. The van der Waals surface area contributed by atoms with Crippen molar-refractivity contribution in [2.24, 2.45) is 5.16 Å². The Kier molecular flexibility index (Phi) is 2.53. The number of pyridine rings is 1. The molecule has 1 aromatic heterocycles. The fourth-order valence-electron chi connectivity index (χ4n) is 0.594. The van der Waals surface area contributed by atoms with E-state index in [0.29, 0.717) is 0 Å². The molecule has 1 rings (SSSR count). The number of hydrogen-bond donors (Lipinski definition) is 1. The van der Waals surface area contributed by atoms with Gasteiger partial charge in [0.15, 0.2) is 5.82 Å². The Morgan fingerprint density at radius 3 is 3.09 bits per heavy atom. The van der Waals surface area contributed by atoms with Gasteiger partial charge >= 0.3 is 0 Å². The molecular weight excluding hydrogens is 215 g/mol. The van der Waals surface area contributed by atoms with Crippen LogP contribution in [0.2, 0.25) is 0 Å². The highest BCUT2D eigenvalue weighted by molar-refractivity contribution is 9.10. The van der Waals surface area contributed by atoms with Crippen LogP contribution in [0.15, 0.2) is 22.0 Å². The number of halogens is 2. The maximum absolute atomic E-state index is 12.9. The largest absolute Gasteiger partial charge is 0.411 e. The monoisotopic (exact) mass is 218 g/mol. The van der Waals surface area contributed by atoms with Crippen molar-refractivity contribution in [2.75, 3.05) is 0 Å². The molecule has 1 aromatic rings. The minimum Gasteiger partial charge on any atom is -0.411 e. The summed E-state index contributed by atoms with van der Waals surface area (Å²) >= 11 is 2.89. The number of oxime groups is 1. The van der Waals surface area contributed by atoms with Gasteiger partial charge in [0, 0.05) is 11.8 Å². The van der Waals surface area contributed by atoms with Crippen LogP contribution in [-0.4, -0.2) is 16.4 Å². The fourth-order valence-corrected chi connectivity index (χ4v) is 0.941. The van der Waals surface area contributed by atoms with Crippen LogP contribution in [0.1, 0.15) is 5.56 Å². The molecule has 1 N–H and O–H groups in total. The van der Waals surface area contributed by atoms with Crippen LogP contribution in [0, 0.1) is 5.82 Å². The molecular formula is C6H4BrFN2O. The van der Waals surface area contributed by atoms with Crippen LogP contribution in [0.4, 0.5) is 4.39 Å². The number of aromatic nitrogens is 1. The highest BCUT2D eigenvalue weighted by atomic mass is 79.9. The summed E-state index contributed by atoms with van der Waals surface area (Å²) in [5.74, 6) is -0.537. The van der Waals surface area contributed by atoms with E-state index < -0.39 is 5.82 Å². The molecule has 0 atom stereocenters. The van der Waals surface area contributed by atoms with Crippen LogP contribution in [0.25, 0.3) is 0 Å². The Morgan fingerprint density at radius 2 is 2.45 bits per heavy atom. The lowest BCUT2D eigenvalue weighted by atomic mass is 10.3. The summed E-state index contributed by atoms with van der Waals surface area (Å²) in [5, 5.41) is 10.8. The smallest absolute Gasteiger partial charge is 0.164 e. The van der Waals surface area contributed by atoms with Crippen molar-refractivity contribution < 1.29 is 9.60 Å². The number of rotatable bonds is 1. The molecule has 0 aliphatic carbocycles. The fraction of sp³-hybridized carbons (Fsp3) is 0. The molecule has 0 saturated heterocycles. The van der Waals surface area contributed by atoms with Crippen LogP contribution < -0.4 is 0 Å². The average Bonchev–Trinajstić information content (AvgIpc) is 1.99. The Hall–Kier alpha value is -0.970. The quantitative estimate of drug-likeness (QED) is 0.338. The van der Waals surface area contributed by atoms with Gasteiger partial charge in [-0.15, -0.1) is 0 Å². The molecule has 0 bridgehead atoms. The van der Waals surface area contributed by atoms with E-state index in [9.17, 15) is 4.39 Å². The molecule has 11 heavy (non-hydrogen) atoms. The van der Waals surface area contributed by atoms with Gasteiger partial charge in [0.2, 0.25) is 0 Å². The predicted molar refractivity (Wildman–Crippen MR) is 41.3 cm³/mol. The normalized spacial score (nSPS) is 10.7. The first kappa shape index (κ1) is 8.13. The lowest BCUT2D eigenvalue weighted by molar-refractivity contribution is 0.321. The molecule has 0 aromatic carbocycles. The van der Waals surface area contributed by atoms with Gasteiger partial charge in [-0.05, 0) is 22.0 Å². The third-order valence-corrected chi connectivity index (χ3v) is 1.63. The first-order chi connectivity index (χ1) is 5.25. The topological polar surface area (TPSA) is 45.5 Å². The molecule has 0 unspecified atom stereocenters. The zero-order valence-electron chi connectivity index (χ0n) is 5.33. The van der Waals surface area contributed by atoms with Crippen molar-refractivity contribution in [2.45, 2.75) is 0 Å². The Morgan fingerprint density at radius 1 is 1.73 bits per heavy atom. The molecule has 5 heteroatoms. The highest BCUT2D eigenvalue weighted by Gasteiger charge is 2.03. The standard InChI is InChI=1S/C6H4BrFN2O/c7-6-5(8)4(3-10-11)1-2-9-6/h1-3,11H/b10-3-. The zero-order chi connectivity index (χ0) is 8.27. The van der Waals surface area contributed by atoms with Crippen molar-refractivity contribution in [3.05, 3.63) is 28.2 Å². The van der Waals surface area contributed by atoms with E-state index in [1.54, 1.807) is 0 Å². The van der Waals surface area contributed by atoms with Gasteiger partial charge in [0.1, 0.15) is 4.60 Å². The SMILES string of the molecule is O/N=C\c1ccnc(Br)c1F. The minimum atomic E-state index is -0.537. The van der Waals surface area contributed by atoms with Gasteiger partial charge in [-0.2, -0.15) is 0 Å². The average molecular weight is 219 g/mol. The second-order valence-electron chi connectivity index (χ2n) is 1.75. The Labute approximate surface area is 70.7 Å². The van der Waals surface area contributed by atoms with Crippen LogP contribution in [0.3, 0.4) is 0 Å². The zero-order valence-corrected chi connectivity index (χ0v) is 6.92. The molecule has 3 nitrogen and oxygen atoms in total. The molecule has 0 aliphatic rings. The van der Waals surface area contributed by atoms with Crippen molar-refractivity contribution in [3.8, 4) is 0 Å². The van der Waals surface area contributed by atoms with Crippen molar-refractivity contribution >= 4 is 22.1 Å². The first-order valence-corrected chi connectivity index (χ1v) is 3.52. The van der Waals surface area contributed by atoms with Crippen LogP contribution in [0.5, 0.6) is 0 Å². The van der Waals surface area contributed by atoms with E-state index in [2.05, 4.69) is 26.1 Å². The van der Waals surface area contributed by atoms with Crippen molar-refractivity contribution in [3.63, 3.8) is 0 Å². The van der Waals surface area contributed by atoms with E-state index in [4.69, 9.17) is 5.21 Å². The Bertz CT molecular complexity index is 290. The molecule has 58 valence electrons. The van der Waals surface area contributed by atoms with Gasteiger partial charge in [-0.25, -0.2) is 9.37 Å². The lowest BCUT2D eigenvalue weighted by Gasteiger charge is -1.95. The Balaban J connectivity index is 3.16. The molecule has 0 spiro atoms. The van der Waals surface area contributed by atoms with E-state index in [0.717, 1.165) is 6.21 Å². The van der Waals surface area contributed by atoms with E-state index >= 15 is 0 Å². The number of nitrogens with zero attached hydrogens (tertiary/aromatic N) is 2. The first-order valence-electron chi connectivity index (χ1n) is 2.73. The van der Waals surface area contributed by atoms with Gasteiger partial charge < -0.3 is 5.21 Å². The van der Waals surface area contributed by atoms with Crippen LogP contribution in [-0.2, 0) is 0 Å². The van der Waals surface area contributed by atoms with Gasteiger partial charge in [0.25, 0.3) is 0 Å². The highest BCUT2D eigenvalue weighted by Crippen LogP contribution is 2.13. The third kappa shape index (κ3) is 1.74. The second kappa shape index (κ2) is 3.43. The molecule has 0 aliphatic heterocycles. The molecule has 0 radical (unpaired) electrons. The summed E-state index contributed by atoms with van der Waals surface area (Å²) in [4.78, 5) is 3.62. The van der Waals surface area contributed by atoms with Crippen LogP contribution >= 0.6 is 15.9 Å². The molecule has 0 saturated carbocycles. The lowest BCUT2D eigenvalue weighted by Crippen LogP contribution is -1.91. The maximum Gasteiger partial charge on any atom is 0.164 e. The van der Waals surface area contributed by atoms with E-state index in [1.165, 1.54) is 12.3 Å². The minimum absolute atomic E-state index is 0.106.